The Morgan fingerprint density at radius 3 is 2.79 bits per heavy atom. The highest BCUT2D eigenvalue weighted by Crippen LogP contribution is 2.41. The van der Waals surface area contributed by atoms with Crippen LogP contribution in [0.3, 0.4) is 0 Å². The maximum absolute atomic E-state index is 12.6. The van der Waals surface area contributed by atoms with Crippen LogP contribution in [0.5, 0.6) is 0 Å². The van der Waals surface area contributed by atoms with Crippen LogP contribution in [0.15, 0.2) is 34.8 Å². The standard InChI is InChI=1S/C22H25N7O3S2/c1-14-7-9-27(10-8-14)21-25-26-22(28(21)16-5-6-16)34-13-19(30)24-20-23-18(12-33-20)15-3-2-4-17(11-15)29(31)32/h2-4,11-12,14,16H,5-10,13H2,1H3,(H,23,24,30). The summed E-state index contributed by atoms with van der Waals surface area (Å²) < 4.78 is 2.21. The Hall–Kier alpha value is -2.99. The summed E-state index contributed by atoms with van der Waals surface area (Å²) in [5.74, 6) is 1.70. The molecule has 0 unspecified atom stereocenters. The monoisotopic (exact) mass is 499 g/mol. The molecule has 2 aliphatic rings. The van der Waals surface area contributed by atoms with E-state index in [0.29, 0.717) is 22.4 Å². The van der Waals surface area contributed by atoms with E-state index in [0.717, 1.165) is 55.8 Å². The molecule has 0 bridgehead atoms. The van der Waals surface area contributed by atoms with Gasteiger partial charge in [-0.3, -0.25) is 19.5 Å². The minimum absolute atomic E-state index is 0.00527. The number of thioether (sulfide) groups is 1. The maximum atomic E-state index is 12.6. The number of nitro groups is 1. The second kappa shape index (κ2) is 9.71. The summed E-state index contributed by atoms with van der Waals surface area (Å²) in [6.07, 6.45) is 4.56. The first-order valence-electron chi connectivity index (χ1n) is 11.3. The molecule has 1 amide bonds. The summed E-state index contributed by atoms with van der Waals surface area (Å²) in [5, 5.41) is 25.7. The zero-order chi connectivity index (χ0) is 23.7. The highest BCUT2D eigenvalue weighted by molar-refractivity contribution is 7.99. The van der Waals surface area contributed by atoms with Gasteiger partial charge in [0.2, 0.25) is 11.9 Å². The molecule has 1 saturated heterocycles. The molecule has 1 aromatic carbocycles. The van der Waals surface area contributed by atoms with Crippen LogP contribution in [0.4, 0.5) is 16.8 Å². The number of nitro benzene ring substituents is 1. The number of hydrogen-bond donors (Lipinski definition) is 1. The molecule has 1 N–H and O–H groups in total. The summed E-state index contributed by atoms with van der Waals surface area (Å²) in [7, 11) is 0. The van der Waals surface area contributed by atoms with Crippen molar-refractivity contribution in [1.29, 1.82) is 0 Å². The molecule has 3 aromatic rings. The highest BCUT2D eigenvalue weighted by Gasteiger charge is 2.32. The van der Waals surface area contributed by atoms with E-state index in [1.54, 1.807) is 17.5 Å². The number of piperidine rings is 1. The zero-order valence-corrected chi connectivity index (χ0v) is 20.3. The number of carbonyl (C=O) groups excluding carboxylic acids is 1. The first-order valence-corrected chi connectivity index (χ1v) is 13.2. The van der Waals surface area contributed by atoms with Gasteiger partial charge in [-0.15, -0.1) is 21.5 Å². The molecule has 1 aliphatic heterocycles. The van der Waals surface area contributed by atoms with Gasteiger partial charge >= 0.3 is 0 Å². The van der Waals surface area contributed by atoms with Crippen molar-refractivity contribution in [2.75, 3.05) is 29.1 Å². The fourth-order valence-corrected chi connectivity index (χ4v) is 5.51. The summed E-state index contributed by atoms with van der Waals surface area (Å²) in [5.41, 5.74) is 1.23. The third-order valence-electron chi connectivity index (χ3n) is 6.06. The summed E-state index contributed by atoms with van der Waals surface area (Å²) in [6.45, 7) is 4.28. The van der Waals surface area contributed by atoms with E-state index in [1.165, 1.54) is 35.2 Å². The lowest BCUT2D eigenvalue weighted by Gasteiger charge is -2.31. The van der Waals surface area contributed by atoms with Crippen LogP contribution in [-0.4, -0.2) is 49.4 Å². The average molecular weight is 500 g/mol. The Morgan fingerprint density at radius 1 is 1.26 bits per heavy atom. The van der Waals surface area contributed by atoms with Crippen LogP contribution in [0.1, 0.15) is 38.6 Å². The second-order valence-electron chi connectivity index (χ2n) is 8.74. The number of benzene rings is 1. The van der Waals surface area contributed by atoms with Gasteiger partial charge in [-0.1, -0.05) is 30.8 Å². The van der Waals surface area contributed by atoms with Crippen LogP contribution in [0, 0.1) is 16.0 Å². The number of hydrogen-bond acceptors (Lipinski definition) is 9. The van der Waals surface area contributed by atoms with Crippen molar-refractivity contribution in [2.24, 2.45) is 5.92 Å². The molecule has 5 rings (SSSR count). The fourth-order valence-electron chi connectivity index (χ4n) is 3.97. The van der Waals surface area contributed by atoms with Crippen LogP contribution in [0.25, 0.3) is 11.3 Å². The van der Waals surface area contributed by atoms with Crippen molar-refractivity contribution in [2.45, 2.75) is 43.8 Å². The normalized spacial score (nSPS) is 16.6. The quantitative estimate of drug-likeness (QED) is 0.271. The average Bonchev–Trinajstić information content (AvgIpc) is 3.41. The summed E-state index contributed by atoms with van der Waals surface area (Å²) in [6, 6.07) is 6.71. The van der Waals surface area contributed by atoms with E-state index in [2.05, 4.69) is 36.9 Å². The predicted molar refractivity (Wildman–Crippen MR) is 132 cm³/mol. The number of nitrogens with one attached hydrogen (secondary N) is 1. The molecule has 0 spiro atoms. The van der Waals surface area contributed by atoms with E-state index in [1.807, 2.05) is 0 Å². The van der Waals surface area contributed by atoms with Crippen molar-refractivity contribution in [1.82, 2.24) is 19.7 Å². The Morgan fingerprint density at radius 2 is 2.06 bits per heavy atom. The Labute approximate surface area is 204 Å². The van der Waals surface area contributed by atoms with E-state index < -0.39 is 4.92 Å². The number of non-ortho nitro benzene ring substituents is 1. The van der Waals surface area contributed by atoms with E-state index >= 15 is 0 Å². The molecule has 2 fully saturated rings. The van der Waals surface area contributed by atoms with Crippen LogP contribution in [0.2, 0.25) is 0 Å². The number of thiazole rings is 1. The Bertz CT molecular complexity index is 1200. The third kappa shape index (κ3) is 5.07. The maximum Gasteiger partial charge on any atom is 0.270 e. The Kier molecular flexibility index (Phi) is 6.50. The number of amides is 1. The third-order valence-corrected chi connectivity index (χ3v) is 7.76. The minimum Gasteiger partial charge on any atom is -0.341 e. The van der Waals surface area contributed by atoms with Gasteiger partial charge in [0, 0.05) is 42.2 Å². The number of aromatic nitrogens is 4. The second-order valence-corrected chi connectivity index (χ2v) is 10.5. The first kappa shape index (κ1) is 22.8. The van der Waals surface area contributed by atoms with Gasteiger partial charge in [-0.2, -0.15) is 0 Å². The molecule has 34 heavy (non-hydrogen) atoms. The van der Waals surface area contributed by atoms with E-state index in [-0.39, 0.29) is 17.3 Å². The number of anilines is 2. The zero-order valence-electron chi connectivity index (χ0n) is 18.7. The van der Waals surface area contributed by atoms with Gasteiger partial charge in [0.25, 0.3) is 5.69 Å². The van der Waals surface area contributed by atoms with Crippen molar-refractivity contribution >= 4 is 45.8 Å². The molecule has 0 radical (unpaired) electrons. The van der Waals surface area contributed by atoms with Crippen molar-refractivity contribution in [3.8, 4) is 11.3 Å². The molecule has 1 aliphatic carbocycles. The van der Waals surface area contributed by atoms with Gasteiger partial charge in [0.1, 0.15) is 0 Å². The molecule has 2 aromatic heterocycles. The SMILES string of the molecule is CC1CCN(c2nnc(SCC(=O)Nc3nc(-c4cccc([N+](=O)[O-])c4)cs3)n2C2CC2)CC1. The lowest BCUT2D eigenvalue weighted by molar-refractivity contribution is -0.384. The first-order chi connectivity index (χ1) is 16.5. The van der Waals surface area contributed by atoms with Crippen molar-refractivity contribution in [3.05, 3.63) is 39.8 Å². The lowest BCUT2D eigenvalue weighted by atomic mass is 10.00. The van der Waals surface area contributed by atoms with Crippen molar-refractivity contribution in [3.63, 3.8) is 0 Å². The molecule has 12 heteroatoms. The van der Waals surface area contributed by atoms with Gasteiger partial charge in [-0.25, -0.2) is 4.98 Å². The predicted octanol–water partition coefficient (Wildman–Crippen LogP) is 4.61. The molecule has 10 nitrogen and oxygen atoms in total. The van der Waals surface area contributed by atoms with Gasteiger partial charge in [-0.05, 0) is 31.6 Å². The summed E-state index contributed by atoms with van der Waals surface area (Å²) >= 11 is 2.68. The van der Waals surface area contributed by atoms with Gasteiger partial charge < -0.3 is 10.2 Å². The molecule has 3 heterocycles. The minimum atomic E-state index is -0.437. The summed E-state index contributed by atoms with van der Waals surface area (Å²) in [4.78, 5) is 29.9. The lowest BCUT2D eigenvalue weighted by Crippen LogP contribution is -2.34. The van der Waals surface area contributed by atoms with Gasteiger partial charge in [0.15, 0.2) is 10.3 Å². The number of rotatable bonds is 8. The Balaban J connectivity index is 1.21. The van der Waals surface area contributed by atoms with Gasteiger partial charge in [0.05, 0.1) is 16.4 Å². The van der Waals surface area contributed by atoms with Crippen LogP contribution >= 0.6 is 23.1 Å². The smallest absolute Gasteiger partial charge is 0.270 e. The molecular formula is C22H25N7O3S2. The number of carbonyl (C=O) groups is 1. The number of nitrogens with zero attached hydrogens (tertiary/aromatic N) is 6. The molecule has 0 atom stereocenters. The molecular weight excluding hydrogens is 474 g/mol. The van der Waals surface area contributed by atoms with Crippen molar-refractivity contribution < 1.29 is 9.72 Å². The van der Waals surface area contributed by atoms with Crippen LogP contribution < -0.4 is 10.2 Å². The fraction of sp³-hybridized carbons (Fsp3) is 0.455. The molecule has 178 valence electrons. The largest absolute Gasteiger partial charge is 0.341 e. The van der Waals surface area contributed by atoms with E-state index in [4.69, 9.17) is 0 Å². The van der Waals surface area contributed by atoms with E-state index in [9.17, 15) is 14.9 Å². The highest BCUT2D eigenvalue weighted by atomic mass is 32.2. The molecule has 1 saturated carbocycles. The topological polar surface area (TPSA) is 119 Å². The van der Waals surface area contributed by atoms with Crippen LogP contribution in [-0.2, 0) is 4.79 Å².